The summed E-state index contributed by atoms with van der Waals surface area (Å²) in [6.45, 7) is 3.89. The zero-order valence-corrected chi connectivity index (χ0v) is 11.9. The first-order valence-electron chi connectivity index (χ1n) is 7.14. The Hall–Kier alpha value is -1.34. The van der Waals surface area contributed by atoms with Crippen molar-refractivity contribution in [2.75, 3.05) is 39.8 Å². The lowest BCUT2D eigenvalue weighted by Crippen LogP contribution is -2.47. The monoisotopic (exact) mass is 285 g/mol. The molecule has 2 amide bonds. The van der Waals surface area contributed by atoms with Crippen LogP contribution in [0.2, 0.25) is 0 Å². The smallest absolute Gasteiger partial charge is 0.326 e. The van der Waals surface area contributed by atoms with Crippen molar-refractivity contribution in [2.45, 2.75) is 31.4 Å². The van der Waals surface area contributed by atoms with E-state index in [0.717, 1.165) is 19.6 Å². The number of aliphatic carboxylic acids is 1. The van der Waals surface area contributed by atoms with Crippen LogP contribution in [0, 0.1) is 0 Å². The number of rotatable bonds is 5. The van der Waals surface area contributed by atoms with Crippen LogP contribution in [0.4, 0.5) is 4.79 Å². The molecule has 114 valence electrons. The molecule has 2 unspecified atom stereocenters. The minimum Gasteiger partial charge on any atom is -0.480 e. The Morgan fingerprint density at radius 1 is 1.35 bits per heavy atom. The van der Waals surface area contributed by atoms with E-state index in [1.165, 1.54) is 17.7 Å². The van der Waals surface area contributed by atoms with E-state index in [2.05, 4.69) is 10.2 Å². The van der Waals surface area contributed by atoms with Gasteiger partial charge in [0, 0.05) is 33.2 Å². The van der Waals surface area contributed by atoms with Crippen molar-refractivity contribution < 1.29 is 19.4 Å². The Bertz CT molecular complexity index is 358. The number of nitrogens with one attached hydrogen (secondary N) is 1. The van der Waals surface area contributed by atoms with Gasteiger partial charge in [0.2, 0.25) is 0 Å². The van der Waals surface area contributed by atoms with Gasteiger partial charge < -0.3 is 25.0 Å². The van der Waals surface area contributed by atoms with Crippen molar-refractivity contribution in [2.24, 2.45) is 0 Å². The van der Waals surface area contributed by atoms with Gasteiger partial charge in [-0.2, -0.15) is 0 Å². The molecule has 2 saturated heterocycles. The molecular formula is C13H23N3O4. The average molecular weight is 285 g/mol. The number of carboxylic acid groups (broad SMARTS) is 1. The zero-order chi connectivity index (χ0) is 14.5. The van der Waals surface area contributed by atoms with Gasteiger partial charge in [0.15, 0.2) is 0 Å². The molecule has 2 aliphatic rings. The normalized spacial score (nSPS) is 26.9. The van der Waals surface area contributed by atoms with E-state index in [0.29, 0.717) is 19.5 Å². The van der Waals surface area contributed by atoms with E-state index in [4.69, 9.17) is 9.84 Å². The predicted octanol–water partition coefficient (Wildman–Crippen LogP) is -0.0343. The molecule has 2 N–H and O–H groups in total. The van der Waals surface area contributed by atoms with Gasteiger partial charge >= 0.3 is 12.0 Å². The zero-order valence-electron chi connectivity index (χ0n) is 11.9. The highest BCUT2D eigenvalue weighted by molar-refractivity contribution is 5.83. The van der Waals surface area contributed by atoms with Crippen LogP contribution in [0.15, 0.2) is 0 Å². The van der Waals surface area contributed by atoms with Crippen molar-refractivity contribution in [3.63, 3.8) is 0 Å². The number of nitrogens with zero attached hydrogens (tertiary/aromatic N) is 2. The second-order valence-corrected chi connectivity index (χ2v) is 5.38. The first kappa shape index (κ1) is 15.1. The first-order valence-corrected chi connectivity index (χ1v) is 7.14. The predicted molar refractivity (Wildman–Crippen MR) is 72.6 cm³/mol. The Kier molecular flexibility index (Phi) is 5.19. The van der Waals surface area contributed by atoms with E-state index in [-0.39, 0.29) is 12.1 Å². The maximum atomic E-state index is 12.1. The Labute approximate surface area is 118 Å². The third-order valence-corrected chi connectivity index (χ3v) is 4.04. The average Bonchev–Trinajstić information content (AvgIpc) is 3.07. The van der Waals surface area contributed by atoms with Crippen LogP contribution in [-0.2, 0) is 9.53 Å². The Balaban J connectivity index is 1.79. The van der Waals surface area contributed by atoms with Gasteiger partial charge in [-0.3, -0.25) is 0 Å². The molecule has 0 bridgehead atoms. The lowest BCUT2D eigenvalue weighted by molar-refractivity contribution is -0.141. The Morgan fingerprint density at radius 2 is 2.05 bits per heavy atom. The summed E-state index contributed by atoms with van der Waals surface area (Å²) in [6, 6.07) is -1.09. The summed E-state index contributed by atoms with van der Waals surface area (Å²) in [4.78, 5) is 26.9. The molecule has 0 radical (unpaired) electrons. The van der Waals surface area contributed by atoms with Crippen molar-refractivity contribution in [3.8, 4) is 0 Å². The summed E-state index contributed by atoms with van der Waals surface area (Å²) in [7, 11) is 1.54. The third-order valence-electron chi connectivity index (χ3n) is 4.04. The van der Waals surface area contributed by atoms with Crippen LogP contribution < -0.4 is 5.32 Å². The molecule has 2 heterocycles. The van der Waals surface area contributed by atoms with Gasteiger partial charge in [0.25, 0.3) is 0 Å². The number of methoxy groups -OCH3 is 1. The molecule has 0 aromatic rings. The summed E-state index contributed by atoms with van der Waals surface area (Å²) in [5.74, 6) is -0.973. The summed E-state index contributed by atoms with van der Waals surface area (Å²) in [5.41, 5.74) is 0. The molecule has 7 nitrogen and oxygen atoms in total. The number of ether oxygens (including phenoxy) is 1. The maximum absolute atomic E-state index is 12.1. The molecule has 0 spiro atoms. The number of carbonyl (C=O) groups excluding carboxylic acids is 1. The van der Waals surface area contributed by atoms with Crippen LogP contribution in [0.1, 0.15) is 19.3 Å². The first-order chi connectivity index (χ1) is 9.61. The van der Waals surface area contributed by atoms with Crippen LogP contribution in [-0.4, -0.2) is 78.9 Å². The molecule has 2 aliphatic heterocycles. The number of urea groups is 1. The highest BCUT2D eigenvalue weighted by Gasteiger charge is 2.39. The SMILES string of the molecule is COC1CC(C(=O)O)N(C(=O)NCCN2CCCC2)C1. The molecular weight excluding hydrogens is 262 g/mol. The number of amides is 2. The van der Waals surface area contributed by atoms with Crippen LogP contribution in [0.5, 0.6) is 0 Å². The second kappa shape index (κ2) is 6.90. The molecule has 0 saturated carbocycles. The van der Waals surface area contributed by atoms with Crippen molar-refractivity contribution in [3.05, 3.63) is 0 Å². The molecule has 2 rings (SSSR count). The van der Waals surface area contributed by atoms with Gasteiger partial charge in [-0.05, 0) is 25.9 Å². The molecule has 0 aliphatic carbocycles. The topological polar surface area (TPSA) is 82.1 Å². The van der Waals surface area contributed by atoms with Crippen LogP contribution in [0.3, 0.4) is 0 Å². The van der Waals surface area contributed by atoms with Gasteiger partial charge in [-0.15, -0.1) is 0 Å². The molecule has 2 fully saturated rings. The van der Waals surface area contributed by atoms with Gasteiger partial charge in [-0.1, -0.05) is 0 Å². The third kappa shape index (κ3) is 3.61. The lowest BCUT2D eigenvalue weighted by Gasteiger charge is -2.22. The van der Waals surface area contributed by atoms with Gasteiger partial charge in [0.1, 0.15) is 6.04 Å². The van der Waals surface area contributed by atoms with E-state index in [1.54, 1.807) is 7.11 Å². The minimum atomic E-state index is -0.973. The number of hydrogen-bond acceptors (Lipinski definition) is 4. The van der Waals surface area contributed by atoms with Gasteiger partial charge in [0.05, 0.1) is 6.10 Å². The maximum Gasteiger partial charge on any atom is 0.326 e. The van der Waals surface area contributed by atoms with Crippen molar-refractivity contribution in [1.29, 1.82) is 0 Å². The molecule has 20 heavy (non-hydrogen) atoms. The standard InChI is InChI=1S/C13H23N3O4/c1-20-10-8-11(12(17)18)16(9-10)13(19)14-4-7-15-5-2-3-6-15/h10-11H,2-9H2,1H3,(H,14,19)(H,17,18). The van der Waals surface area contributed by atoms with E-state index in [9.17, 15) is 9.59 Å². The summed E-state index contributed by atoms with van der Waals surface area (Å²) >= 11 is 0. The lowest BCUT2D eigenvalue weighted by atomic mass is 10.2. The van der Waals surface area contributed by atoms with Crippen LogP contribution >= 0.6 is 0 Å². The second-order valence-electron chi connectivity index (χ2n) is 5.38. The molecule has 7 heteroatoms. The van der Waals surface area contributed by atoms with Gasteiger partial charge in [-0.25, -0.2) is 9.59 Å². The fourth-order valence-corrected chi connectivity index (χ4v) is 2.86. The fraction of sp³-hybridized carbons (Fsp3) is 0.846. The van der Waals surface area contributed by atoms with E-state index in [1.807, 2.05) is 0 Å². The molecule has 2 atom stereocenters. The molecule has 0 aromatic carbocycles. The van der Waals surface area contributed by atoms with Crippen LogP contribution in [0.25, 0.3) is 0 Å². The van der Waals surface area contributed by atoms with E-state index < -0.39 is 12.0 Å². The number of likely N-dealkylation sites (tertiary alicyclic amines) is 2. The summed E-state index contributed by atoms with van der Waals surface area (Å²) in [5, 5.41) is 12.0. The molecule has 0 aromatic heterocycles. The summed E-state index contributed by atoms with van der Waals surface area (Å²) in [6.07, 6.45) is 2.60. The highest BCUT2D eigenvalue weighted by Crippen LogP contribution is 2.20. The fourth-order valence-electron chi connectivity index (χ4n) is 2.86. The van der Waals surface area contributed by atoms with Crippen molar-refractivity contribution in [1.82, 2.24) is 15.1 Å². The number of carbonyl (C=O) groups is 2. The number of carboxylic acids is 1. The minimum absolute atomic E-state index is 0.194. The largest absolute Gasteiger partial charge is 0.480 e. The Morgan fingerprint density at radius 3 is 2.65 bits per heavy atom. The number of hydrogen-bond donors (Lipinski definition) is 2. The highest BCUT2D eigenvalue weighted by atomic mass is 16.5. The van der Waals surface area contributed by atoms with Crippen molar-refractivity contribution >= 4 is 12.0 Å². The van der Waals surface area contributed by atoms with E-state index >= 15 is 0 Å². The summed E-state index contributed by atoms with van der Waals surface area (Å²) < 4.78 is 5.16. The quantitative estimate of drug-likeness (QED) is 0.741.